The Balaban J connectivity index is 2.52. The van der Waals surface area contributed by atoms with E-state index in [1.165, 1.54) is 23.1 Å². The Hall–Kier alpha value is -0.980. The van der Waals surface area contributed by atoms with Gasteiger partial charge in [0.25, 0.3) is 0 Å². The van der Waals surface area contributed by atoms with Gasteiger partial charge in [0, 0.05) is 0 Å². The quantitative estimate of drug-likeness (QED) is 0.661. The summed E-state index contributed by atoms with van der Waals surface area (Å²) < 4.78 is 5.48. The number of aryl methyl sites for hydroxylation is 1. The Morgan fingerprint density at radius 3 is 2.57 bits per heavy atom. The van der Waals surface area contributed by atoms with Crippen LogP contribution in [0.3, 0.4) is 0 Å². The summed E-state index contributed by atoms with van der Waals surface area (Å²) in [4.78, 5) is 0. The number of fused-ring (bicyclic) bond motifs is 1. The maximum atomic E-state index is 5.48. The lowest BCUT2D eigenvalue weighted by Gasteiger charge is -2.15. The normalized spacial score (nSPS) is 18.0. The first-order valence-corrected chi connectivity index (χ1v) is 5.19. The average molecular weight is 190 g/mol. The Kier molecular flexibility index (Phi) is 2.06. The molecule has 1 aromatic carbocycles. The van der Waals surface area contributed by atoms with Gasteiger partial charge in [-0.2, -0.15) is 0 Å². The van der Waals surface area contributed by atoms with E-state index in [2.05, 4.69) is 32.9 Å². The molecular weight excluding hydrogens is 172 g/mol. The van der Waals surface area contributed by atoms with E-state index < -0.39 is 0 Å². The van der Waals surface area contributed by atoms with Crippen molar-refractivity contribution in [1.29, 1.82) is 0 Å². The highest BCUT2D eigenvalue weighted by molar-refractivity contribution is 5.49. The van der Waals surface area contributed by atoms with E-state index >= 15 is 0 Å². The molecule has 0 saturated heterocycles. The lowest BCUT2D eigenvalue weighted by atomic mass is 9.90. The highest BCUT2D eigenvalue weighted by Crippen LogP contribution is 2.41. The van der Waals surface area contributed by atoms with E-state index in [1.54, 1.807) is 7.11 Å². The second-order valence-electron chi connectivity index (χ2n) is 5.07. The number of methoxy groups -OCH3 is 1. The molecule has 1 heteroatoms. The van der Waals surface area contributed by atoms with Gasteiger partial charge in [0.1, 0.15) is 5.75 Å². The van der Waals surface area contributed by atoms with Crippen LogP contribution in [0, 0.1) is 12.3 Å². The zero-order valence-corrected chi connectivity index (χ0v) is 9.48. The topological polar surface area (TPSA) is 9.23 Å². The van der Waals surface area contributed by atoms with E-state index in [1.807, 2.05) is 0 Å². The van der Waals surface area contributed by atoms with Crippen LogP contribution in [0.5, 0.6) is 5.75 Å². The predicted molar refractivity (Wildman–Crippen MR) is 58.9 cm³/mol. The van der Waals surface area contributed by atoms with Crippen LogP contribution < -0.4 is 4.74 Å². The molecule has 76 valence electrons. The fourth-order valence-corrected chi connectivity index (χ4v) is 2.49. The third-order valence-electron chi connectivity index (χ3n) is 3.08. The van der Waals surface area contributed by atoms with E-state index in [-0.39, 0.29) is 0 Å². The highest BCUT2D eigenvalue weighted by atomic mass is 16.5. The zero-order chi connectivity index (χ0) is 10.3. The van der Waals surface area contributed by atoms with Crippen LogP contribution in [0.25, 0.3) is 0 Å². The molecule has 1 aromatic rings. The van der Waals surface area contributed by atoms with E-state index in [4.69, 9.17) is 4.74 Å². The van der Waals surface area contributed by atoms with Gasteiger partial charge >= 0.3 is 0 Å². The van der Waals surface area contributed by atoms with Crippen molar-refractivity contribution in [3.63, 3.8) is 0 Å². The van der Waals surface area contributed by atoms with Gasteiger partial charge in [-0.05, 0) is 41.9 Å². The number of ether oxygens (including phenoxy) is 1. The first kappa shape index (κ1) is 9.57. The van der Waals surface area contributed by atoms with Crippen LogP contribution in [0.2, 0.25) is 0 Å². The van der Waals surface area contributed by atoms with Gasteiger partial charge < -0.3 is 4.74 Å². The number of benzene rings is 1. The minimum absolute atomic E-state index is 0.406. The summed E-state index contributed by atoms with van der Waals surface area (Å²) in [6.45, 7) is 6.76. The summed E-state index contributed by atoms with van der Waals surface area (Å²) in [5.41, 5.74) is 4.56. The van der Waals surface area contributed by atoms with Crippen molar-refractivity contribution in [2.45, 2.75) is 33.6 Å². The number of hydrogen-bond donors (Lipinski definition) is 0. The molecule has 0 unspecified atom stereocenters. The van der Waals surface area contributed by atoms with Crippen molar-refractivity contribution in [3.8, 4) is 5.75 Å². The van der Waals surface area contributed by atoms with Crippen LogP contribution in [0.4, 0.5) is 0 Å². The van der Waals surface area contributed by atoms with Gasteiger partial charge in [0.05, 0.1) is 7.11 Å². The van der Waals surface area contributed by atoms with Crippen molar-refractivity contribution in [2.24, 2.45) is 5.41 Å². The molecule has 14 heavy (non-hydrogen) atoms. The van der Waals surface area contributed by atoms with Gasteiger partial charge in [-0.1, -0.05) is 26.0 Å². The minimum Gasteiger partial charge on any atom is -0.496 e. The van der Waals surface area contributed by atoms with Crippen LogP contribution >= 0.6 is 0 Å². The van der Waals surface area contributed by atoms with Crippen molar-refractivity contribution in [2.75, 3.05) is 7.11 Å². The smallest absolute Gasteiger partial charge is 0.125 e. The second kappa shape index (κ2) is 3.01. The molecule has 0 saturated carbocycles. The summed E-state index contributed by atoms with van der Waals surface area (Å²) in [5, 5.41) is 0. The molecule has 1 aliphatic rings. The summed E-state index contributed by atoms with van der Waals surface area (Å²) >= 11 is 0. The fraction of sp³-hybridized carbons (Fsp3) is 0.538. The Morgan fingerprint density at radius 2 is 1.93 bits per heavy atom. The fourth-order valence-electron chi connectivity index (χ4n) is 2.49. The number of rotatable bonds is 1. The summed E-state index contributed by atoms with van der Waals surface area (Å²) in [6.07, 6.45) is 2.33. The van der Waals surface area contributed by atoms with Crippen LogP contribution in [-0.2, 0) is 12.8 Å². The molecule has 0 N–H and O–H groups in total. The Bertz CT molecular complexity index is 364. The molecule has 1 nitrogen and oxygen atoms in total. The lowest BCUT2D eigenvalue weighted by Crippen LogP contribution is -2.09. The van der Waals surface area contributed by atoms with E-state index in [9.17, 15) is 0 Å². The summed E-state index contributed by atoms with van der Waals surface area (Å²) in [7, 11) is 1.77. The summed E-state index contributed by atoms with van der Waals surface area (Å²) in [5.74, 6) is 1.10. The van der Waals surface area contributed by atoms with E-state index in [0.717, 1.165) is 12.2 Å². The summed E-state index contributed by atoms with van der Waals surface area (Å²) in [6, 6.07) is 4.42. The molecule has 0 aromatic heterocycles. The van der Waals surface area contributed by atoms with Gasteiger partial charge in [-0.25, -0.2) is 0 Å². The van der Waals surface area contributed by atoms with Crippen molar-refractivity contribution in [3.05, 3.63) is 28.8 Å². The molecule has 0 fully saturated rings. The SMILES string of the molecule is COc1c(C)ccc2c1CC(C)(C)C2. The highest BCUT2D eigenvalue weighted by Gasteiger charge is 2.30. The van der Waals surface area contributed by atoms with Crippen molar-refractivity contribution in [1.82, 2.24) is 0 Å². The van der Waals surface area contributed by atoms with Crippen LogP contribution in [0.1, 0.15) is 30.5 Å². The molecule has 0 aliphatic heterocycles. The molecule has 2 rings (SSSR count). The van der Waals surface area contributed by atoms with Crippen molar-refractivity contribution >= 4 is 0 Å². The Labute approximate surface area is 86.1 Å². The maximum absolute atomic E-state index is 5.48. The van der Waals surface area contributed by atoms with Gasteiger partial charge in [0.15, 0.2) is 0 Å². The van der Waals surface area contributed by atoms with Gasteiger partial charge in [-0.15, -0.1) is 0 Å². The Morgan fingerprint density at radius 1 is 1.21 bits per heavy atom. The molecule has 0 radical (unpaired) electrons. The average Bonchev–Trinajstić information content (AvgIpc) is 2.39. The largest absolute Gasteiger partial charge is 0.496 e. The minimum atomic E-state index is 0.406. The lowest BCUT2D eigenvalue weighted by molar-refractivity contribution is 0.378. The van der Waals surface area contributed by atoms with E-state index in [0.29, 0.717) is 5.41 Å². The molecule has 0 spiro atoms. The first-order chi connectivity index (χ1) is 6.53. The maximum Gasteiger partial charge on any atom is 0.125 e. The standard InChI is InChI=1S/C13H18O/c1-9-5-6-10-7-13(2,3)8-11(10)12(9)14-4/h5-6H,7-8H2,1-4H3. The molecule has 0 amide bonds. The monoisotopic (exact) mass is 190 g/mol. The second-order valence-corrected chi connectivity index (χ2v) is 5.07. The molecule has 0 bridgehead atoms. The third kappa shape index (κ3) is 1.41. The van der Waals surface area contributed by atoms with Gasteiger partial charge in [0.2, 0.25) is 0 Å². The van der Waals surface area contributed by atoms with Crippen LogP contribution in [0.15, 0.2) is 12.1 Å². The predicted octanol–water partition coefficient (Wildman–Crippen LogP) is 3.13. The molecule has 0 atom stereocenters. The zero-order valence-electron chi connectivity index (χ0n) is 9.48. The third-order valence-corrected chi connectivity index (χ3v) is 3.08. The first-order valence-electron chi connectivity index (χ1n) is 5.19. The van der Waals surface area contributed by atoms with Crippen molar-refractivity contribution < 1.29 is 4.74 Å². The van der Waals surface area contributed by atoms with Gasteiger partial charge in [-0.3, -0.25) is 0 Å². The van der Waals surface area contributed by atoms with Crippen LogP contribution in [-0.4, -0.2) is 7.11 Å². The molecule has 1 aliphatic carbocycles. The number of hydrogen-bond acceptors (Lipinski definition) is 1. The molecular formula is C13H18O. The molecule has 0 heterocycles.